The van der Waals surface area contributed by atoms with Crippen LogP contribution in [0.1, 0.15) is 35.2 Å². The number of hydrogen-bond donors (Lipinski definition) is 0. The molecule has 0 unspecified atom stereocenters. The highest BCUT2D eigenvalue weighted by Crippen LogP contribution is 2.26. The molecule has 0 aliphatic heterocycles. The van der Waals surface area contributed by atoms with Gasteiger partial charge in [-0.2, -0.15) is 0 Å². The molecule has 0 fully saturated rings. The Labute approximate surface area is 136 Å². The van der Waals surface area contributed by atoms with Gasteiger partial charge in [-0.3, -0.25) is 9.59 Å². The Hall–Kier alpha value is -2.62. The summed E-state index contributed by atoms with van der Waals surface area (Å²) in [6.45, 7) is 2.05. The zero-order valence-electron chi connectivity index (χ0n) is 13.3. The number of benzene rings is 2. The van der Waals surface area contributed by atoms with Crippen molar-refractivity contribution in [2.24, 2.45) is 0 Å². The number of ether oxygens (including phenoxy) is 2. The Bertz CT molecular complexity index is 647. The second-order valence-corrected chi connectivity index (χ2v) is 5.07. The maximum atomic E-state index is 12.8. The van der Waals surface area contributed by atoms with E-state index in [1.54, 1.807) is 38.3 Å². The van der Waals surface area contributed by atoms with Gasteiger partial charge < -0.3 is 9.47 Å². The predicted molar refractivity (Wildman–Crippen MR) is 87.8 cm³/mol. The number of carbonyl (C=O) groups is 2. The number of carbonyl (C=O) groups excluding carboxylic acids is 2. The van der Waals surface area contributed by atoms with Crippen molar-refractivity contribution in [2.45, 2.75) is 19.3 Å². The average molecular weight is 312 g/mol. The molecule has 0 bridgehead atoms. The normalized spacial score (nSPS) is 11.6. The van der Waals surface area contributed by atoms with Crippen LogP contribution < -0.4 is 4.74 Å². The lowest BCUT2D eigenvalue weighted by atomic mass is 9.88. The van der Waals surface area contributed by atoms with Crippen LogP contribution in [0.2, 0.25) is 0 Å². The summed E-state index contributed by atoms with van der Waals surface area (Å²) in [6, 6.07) is 16.2. The number of esters is 1. The largest absolute Gasteiger partial charge is 0.497 e. The number of rotatable bonds is 7. The molecule has 4 heteroatoms. The molecular weight excluding hydrogens is 292 g/mol. The molecule has 0 heterocycles. The molecule has 2 aromatic carbocycles. The number of methoxy groups -OCH3 is 1. The highest BCUT2D eigenvalue weighted by Gasteiger charge is 2.25. The van der Waals surface area contributed by atoms with E-state index in [1.165, 1.54) is 0 Å². The van der Waals surface area contributed by atoms with Gasteiger partial charge in [0.25, 0.3) is 0 Å². The maximum Gasteiger partial charge on any atom is 0.306 e. The van der Waals surface area contributed by atoms with Gasteiger partial charge in [0.05, 0.1) is 26.1 Å². The van der Waals surface area contributed by atoms with Crippen molar-refractivity contribution < 1.29 is 19.1 Å². The highest BCUT2D eigenvalue weighted by atomic mass is 16.5. The Morgan fingerprint density at radius 3 is 2.22 bits per heavy atom. The second kappa shape index (κ2) is 8.13. The number of ketones is 1. The van der Waals surface area contributed by atoms with Crippen molar-refractivity contribution in [1.82, 2.24) is 0 Å². The summed E-state index contributed by atoms with van der Waals surface area (Å²) in [5, 5.41) is 0. The molecule has 0 saturated carbocycles. The summed E-state index contributed by atoms with van der Waals surface area (Å²) >= 11 is 0. The lowest BCUT2D eigenvalue weighted by Gasteiger charge is -2.16. The van der Waals surface area contributed by atoms with E-state index >= 15 is 0 Å². The Balaban J connectivity index is 2.28. The fourth-order valence-corrected chi connectivity index (χ4v) is 2.39. The Kier molecular flexibility index (Phi) is 5.92. The van der Waals surface area contributed by atoms with Crippen LogP contribution in [0.25, 0.3) is 0 Å². The SMILES string of the molecule is CCOC(=O)C[C@H](C(=O)c1ccc(OC)cc1)c1ccccc1. The molecule has 23 heavy (non-hydrogen) atoms. The maximum absolute atomic E-state index is 12.8. The van der Waals surface area contributed by atoms with Crippen LogP contribution >= 0.6 is 0 Å². The van der Waals surface area contributed by atoms with E-state index in [1.807, 2.05) is 30.3 Å². The summed E-state index contributed by atoms with van der Waals surface area (Å²) in [4.78, 5) is 24.7. The van der Waals surface area contributed by atoms with Crippen LogP contribution in [0.5, 0.6) is 5.75 Å². The molecule has 0 aliphatic carbocycles. The van der Waals surface area contributed by atoms with Gasteiger partial charge >= 0.3 is 5.97 Å². The third-order valence-electron chi connectivity index (χ3n) is 3.57. The van der Waals surface area contributed by atoms with Crippen molar-refractivity contribution in [2.75, 3.05) is 13.7 Å². The van der Waals surface area contributed by atoms with E-state index in [4.69, 9.17) is 9.47 Å². The van der Waals surface area contributed by atoms with E-state index in [0.717, 1.165) is 5.56 Å². The van der Waals surface area contributed by atoms with Gasteiger partial charge in [-0.05, 0) is 36.8 Å². The predicted octanol–water partition coefficient (Wildman–Crippen LogP) is 3.61. The molecule has 120 valence electrons. The van der Waals surface area contributed by atoms with Crippen molar-refractivity contribution in [3.8, 4) is 5.75 Å². The summed E-state index contributed by atoms with van der Waals surface area (Å²) in [5.74, 6) is -0.345. The van der Waals surface area contributed by atoms with Gasteiger partial charge in [0.1, 0.15) is 5.75 Å². The zero-order valence-corrected chi connectivity index (χ0v) is 13.3. The lowest BCUT2D eigenvalue weighted by Crippen LogP contribution is -2.18. The molecule has 0 saturated heterocycles. The van der Waals surface area contributed by atoms with Crippen LogP contribution in [0.15, 0.2) is 54.6 Å². The summed E-state index contributed by atoms with van der Waals surface area (Å²) in [5.41, 5.74) is 1.35. The van der Waals surface area contributed by atoms with Gasteiger partial charge in [0.15, 0.2) is 5.78 Å². The molecule has 2 aromatic rings. The van der Waals surface area contributed by atoms with Crippen molar-refractivity contribution >= 4 is 11.8 Å². The van der Waals surface area contributed by atoms with Crippen molar-refractivity contribution in [3.63, 3.8) is 0 Å². The first-order valence-electron chi connectivity index (χ1n) is 7.54. The molecule has 0 aromatic heterocycles. The topological polar surface area (TPSA) is 52.6 Å². The van der Waals surface area contributed by atoms with Gasteiger partial charge in [0, 0.05) is 5.56 Å². The smallest absolute Gasteiger partial charge is 0.306 e. The van der Waals surface area contributed by atoms with E-state index < -0.39 is 5.92 Å². The van der Waals surface area contributed by atoms with E-state index in [2.05, 4.69) is 0 Å². The molecule has 0 amide bonds. The Morgan fingerprint density at radius 1 is 1.00 bits per heavy atom. The summed E-state index contributed by atoms with van der Waals surface area (Å²) < 4.78 is 10.1. The first-order chi connectivity index (χ1) is 11.2. The van der Waals surface area contributed by atoms with Gasteiger partial charge in [-0.15, -0.1) is 0 Å². The number of hydrogen-bond acceptors (Lipinski definition) is 4. The minimum Gasteiger partial charge on any atom is -0.497 e. The third kappa shape index (κ3) is 4.42. The molecule has 0 radical (unpaired) electrons. The van der Waals surface area contributed by atoms with E-state index in [0.29, 0.717) is 17.9 Å². The fraction of sp³-hybridized carbons (Fsp3) is 0.263. The van der Waals surface area contributed by atoms with Gasteiger partial charge in [-0.25, -0.2) is 0 Å². The highest BCUT2D eigenvalue weighted by molar-refractivity contribution is 6.02. The van der Waals surface area contributed by atoms with Crippen LogP contribution in [-0.4, -0.2) is 25.5 Å². The van der Waals surface area contributed by atoms with Crippen LogP contribution in [0.3, 0.4) is 0 Å². The minimum atomic E-state index is -0.552. The first-order valence-corrected chi connectivity index (χ1v) is 7.54. The van der Waals surface area contributed by atoms with Crippen molar-refractivity contribution in [3.05, 3.63) is 65.7 Å². The minimum absolute atomic E-state index is 0.0305. The van der Waals surface area contributed by atoms with E-state index in [-0.39, 0.29) is 18.2 Å². The average Bonchev–Trinajstić information content (AvgIpc) is 2.60. The molecule has 0 N–H and O–H groups in total. The van der Waals surface area contributed by atoms with Gasteiger partial charge in [-0.1, -0.05) is 30.3 Å². The monoisotopic (exact) mass is 312 g/mol. The molecule has 0 aliphatic rings. The summed E-state index contributed by atoms with van der Waals surface area (Å²) in [7, 11) is 1.57. The molecular formula is C19H20O4. The van der Waals surface area contributed by atoms with Crippen molar-refractivity contribution in [1.29, 1.82) is 0 Å². The second-order valence-electron chi connectivity index (χ2n) is 5.07. The fourth-order valence-electron chi connectivity index (χ4n) is 2.39. The molecule has 1 atom stereocenters. The standard InChI is InChI=1S/C19H20O4/c1-3-23-18(20)13-17(14-7-5-4-6-8-14)19(21)15-9-11-16(22-2)12-10-15/h4-12,17H,3,13H2,1-2H3/t17-/m0/s1. The Morgan fingerprint density at radius 2 is 1.65 bits per heavy atom. The van der Waals surface area contributed by atoms with Crippen LogP contribution in [0.4, 0.5) is 0 Å². The number of Topliss-reactive ketones (excluding diaryl/α,β-unsaturated/α-hetero) is 1. The third-order valence-corrected chi connectivity index (χ3v) is 3.57. The quantitative estimate of drug-likeness (QED) is 0.579. The lowest BCUT2D eigenvalue weighted by molar-refractivity contribution is -0.143. The molecule has 4 nitrogen and oxygen atoms in total. The first kappa shape index (κ1) is 16.7. The molecule has 0 spiro atoms. The molecule has 2 rings (SSSR count). The van der Waals surface area contributed by atoms with Gasteiger partial charge in [0.2, 0.25) is 0 Å². The van der Waals surface area contributed by atoms with Crippen LogP contribution in [0, 0.1) is 0 Å². The zero-order chi connectivity index (χ0) is 16.7. The van der Waals surface area contributed by atoms with E-state index in [9.17, 15) is 9.59 Å². The summed E-state index contributed by atoms with van der Waals surface area (Å²) in [6.07, 6.45) is 0.0305. The van der Waals surface area contributed by atoms with Crippen LogP contribution in [-0.2, 0) is 9.53 Å².